The first-order valence-corrected chi connectivity index (χ1v) is 12.4. The van der Waals surface area contributed by atoms with Gasteiger partial charge in [-0.15, -0.1) is 0 Å². The van der Waals surface area contributed by atoms with Gasteiger partial charge >= 0.3 is 6.09 Å². The van der Waals surface area contributed by atoms with Gasteiger partial charge in [-0.05, 0) is 77.6 Å². The first kappa shape index (κ1) is 25.7. The fraction of sp³-hybridized carbons (Fsp3) is 0.464. The van der Waals surface area contributed by atoms with Crippen LogP contribution in [0.5, 0.6) is 0 Å². The third-order valence-electron chi connectivity index (χ3n) is 6.63. The minimum atomic E-state index is -0.521. The largest absolute Gasteiger partial charge is 0.444 e. The first-order chi connectivity index (χ1) is 16.9. The molecule has 0 unspecified atom stereocenters. The molecular weight excluding hydrogens is 459 g/mol. The molecule has 1 aromatic carbocycles. The van der Waals surface area contributed by atoms with Crippen molar-refractivity contribution in [3.8, 4) is 11.1 Å². The Morgan fingerprint density at radius 3 is 2.50 bits per heavy atom. The van der Waals surface area contributed by atoms with Crippen molar-refractivity contribution < 1.29 is 18.7 Å². The van der Waals surface area contributed by atoms with Gasteiger partial charge in [0.2, 0.25) is 0 Å². The number of likely N-dealkylation sites (tertiary alicyclic amines) is 1. The second kappa shape index (κ2) is 9.56. The Balaban J connectivity index is 1.68. The Kier molecular flexibility index (Phi) is 6.82. The highest BCUT2D eigenvalue weighted by Crippen LogP contribution is 2.34. The van der Waals surface area contributed by atoms with E-state index < -0.39 is 11.4 Å². The second-order valence-electron chi connectivity index (χ2n) is 11.0. The number of nitrogens with zero attached hydrogens (tertiary/aromatic N) is 4. The van der Waals surface area contributed by atoms with Gasteiger partial charge in [0.05, 0.1) is 17.3 Å². The van der Waals surface area contributed by atoms with Crippen LogP contribution in [0.3, 0.4) is 0 Å². The van der Waals surface area contributed by atoms with E-state index in [1.807, 2.05) is 41.5 Å². The molecule has 4 rings (SSSR count). The average Bonchev–Trinajstić information content (AvgIpc) is 3.13. The smallest absolute Gasteiger partial charge is 0.410 e. The summed E-state index contributed by atoms with van der Waals surface area (Å²) in [5.74, 6) is -0.389. The standard InChI is InChI=1S/C28H35FN4O3/c1-17(2)31(7)26(34)24-11-20(29)8-9-22(24)23-12-21(33-18(3)13-30-14-25(23)33)10-19-15-32(16-19)27(35)36-28(4,5)6/h8-9,11-14,17,19H,10,15-16H2,1-7H3. The van der Waals surface area contributed by atoms with E-state index in [-0.39, 0.29) is 24.0 Å². The Morgan fingerprint density at radius 2 is 1.86 bits per heavy atom. The molecule has 1 fully saturated rings. The SMILES string of the molecule is Cc1cncc2c(-c3ccc(F)cc3C(=O)N(C)C(C)C)cc(CC3CN(C(=O)OC(C)(C)C)C3)n12. The van der Waals surface area contributed by atoms with E-state index in [1.54, 1.807) is 35.3 Å². The average molecular weight is 495 g/mol. The van der Waals surface area contributed by atoms with Crippen LogP contribution in [0.4, 0.5) is 9.18 Å². The second-order valence-corrected chi connectivity index (χ2v) is 11.0. The minimum absolute atomic E-state index is 0.0228. The van der Waals surface area contributed by atoms with Crippen molar-refractivity contribution in [3.63, 3.8) is 0 Å². The predicted octanol–water partition coefficient (Wildman–Crippen LogP) is 5.34. The predicted molar refractivity (Wildman–Crippen MR) is 138 cm³/mol. The molecule has 3 aromatic rings. The van der Waals surface area contributed by atoms with E-state index in [2.05, 4.69) is 15.5 Å². The number of fused-ring (bicyclic) bond motifs is 1. The Morgan fingerprint density at radius 1 is 1.17 bits per heavy atom. The molecule has 7 nitrogen and oxygen atoms in total. The van der Waals surface area contributed by atoms with Gasteiger partial charge in [-0.25, -0.2) is 9.18 Å². The molecule has 0 aliphatic carbocycles. The zero-order valence-corrected chi connectivity index (χ0v) is 22.1. The summed E-state index contributed by atoms with van der Waals surface area (Å²) in [6.45, 7) is 12.7. The Bertz CT molecular complexity index is 1300. The number of rotatable bonds is 5. The van der Waals surface area contributed by atoms with Crippen LogP contribution in [0.2, 0.25) is 0 Å². The number of hydrogen-bond acceptors (Lipinski definition) is 4. The monoisotopic (exact) mass is 494 g/mol. The van der Waals surface area contributed by atoms with Crippen LogP contribution in [0.25, 0.3) is 16.6 Å². The number of aryl methyl sites for hydroxylation is 1. The molecule has 0 spiro atoms. The van der Waals surface area contributed by atoms with E-state index in [0.717, 1.165) is 28.9 Å². The number of benzene rings is 1. The molecule has 0 radical (unpaired) electrons. The molecule has 0 atom stereocenters. The van der Waals surface area contributed by atoms with E-state index in [9.17, 15) is 14.0 Å². The Hall–Kier alpha value is -3.42. The highest BCUT2D eigenvalue weighted by Gasteiger charge is 2.34. The van der Waals surface area contributed by atoms with Gasteiger partial charge in [0.15, 0.2) is 0 Å². The number of hydrogen-bond donors (Lipinski definition) is 0. The molecule has 36 heavy (non-hydrogen) atoms. The van der Waals surface area contributed by atoms with Crippen molar-refractivity contribution in [2.24, 2.45) is 5.92 Å². The van der Waals surface area contributed by atoms with Gasteiger partial charge in [-0.2, -0.15) is 0 Å². The number of halogens is 1. The maximum absolute atomic E-state index is 14.3. The summed E-state index contributed by atoms with van der Waals surface area (Å²) in [6.07, 6.45) is 4.05. The van der Waals surface area contributed by atoms with Crippen molar-refractivity contribution in [2.45, 2.75) is 59.6 Å². The molecule has 0 bridgehead atoms. The number of ether oxygens (including phenoxy) is 1. The molecule has 1 aliphatic heterocycles. The van der Waals surface area contributed by atoms with E-state index in [4.69, 9.17) is 4.74 Å². The van der Waals surface area contributed by atoms with Gasteiger partial charge in [0.25, 0.3) is 5.91 Å². The quantitative estimate of drug-likeness (QED) is 0.480. The zero-order valence-electron chi connectivity index (χ0n) is 22.1. The maximum Gasteiger partial charge on any atom is 0.410 e. The normalized spacial score (nSPS) is 14.3. The van der Waals surface area contributed by atoms with Crippen LogP contribution < -0.4 is 0 Å². The van der Waals surface area contributed by atoms with Gasteiger partial charge in [0, 0.05) is 49.3 Å². The van der Waals surface area contributed by atoms with E-state index >= 15 is 0 Å². The van der Waals surface area contributed by atoms with Crippen molar-refractivity contribution in [1.82, 2.24) is 19.2 Å². The molecule has 2 amide bonds. The lowest BCUT2D eigenvalue weighted by Crippen LogP contribution is -2.52. The van der Waals surface area contributed by atoms with Crippen molar-refractivity contribution in [3.05, 3.63) is 59.4 Å². The van der Waals surface area contributed by atoms with E-state index in [1.165, 1.54) is 12.1 Å². The molecule has 1 aliphatic rings. The molecule has 0 N–H and O–H groups in total. The number of amides is 2. The highest BCUT2D eigenvalue weighted by atomic mass is 19.1. The summed E-state index contributed by atoms with van der Waals surface area (Å²) in [6, 6.07) is 6.42. The molecule has 0 saturated carbocycles. The zero-order chi connectivity index (χ0) is 26.4. The lowest BCUT2D eigenvalue weighted by molar-refractivity contribution is -0.00104. The lowest BCUT2D eigenvalue weighted by Gasteiger charge is -2.39. The van der Waals surface area contributed by atoms with Gasteiger partial charge in [-0.3, -0.25) is 9.78 Å². The van der Waals surface area contributed by atoms with Crippen LogP contribution in [-0.4, -0.2) is 63.0 Å². The van der Waals surface area contributed by atoms with Crippen LogP contribution in [-0.2, 0) is 11.2 Å². The Labute approximate surface area is 211 Å². The minimum Gasteiger partial charge on any atom is -0.444 e. The third-order valence-corrected chi connectivity index (χ3v) is 6.63. The summed E-state index contributed by atoms with van der Waals surface area (Å²) in [5.41, 5.74) is 4.21. The molecule has 3 heterocycles. The fourth-order valence-electron chi connectivity index (χ4n) is 4.59. The first-order valence-electron chi connectivity index (χ1n) is 12.4. The molecule has 1 saturated heterocycles. The molecular formula is C28H35FN4O3. The number of carbonyl (C=O) groups excluding carboxylic acids is 2. The van der Waals surface area contributed by atoms with Gasteiger partial charge in [0.1, 0.15) is 11.4 Å². The fourth-order valence-corrected chi connectivity index (χ4v) is 4.59. The summed E-state index contributed by atoms with van der Waals surface area (Å²) >= 11 is 0. The maximum atomic E-state index is 14.3. The van der Waals surface area contributed by atoms with Crippen molar-refractivity contribution >= 4 is 17.5 Å². The van der Waals surface area contributed by atoms with Crippen molar-refractivity contribution in [2.75, 3.05) is 20.1 Å². The lowest BCUT2D eigenvalue weighted by atomic mass is 9.94. The third kappa shape index (κ3) is 5.08. The molecule has 192 valence electrons. The van der Waals surface area contributed by atoms with Crippen LogP contribution >= 0.6 is 0 Å². The summed E-state index contributed by atoms with van der Waals surface area (Å²) in [4.78, 5) is 33.3. The number of carbonyl (C=O) groups is 2. The summed E-state index contributed by atoms with van der Waals surface area (Å²) in [5, 5.41) is 0. The molecule has 8 heteroatoms. The summed E-state index contributed by atoms with van der Waals surface area (Å²) in [7, 11) is 1.73. The van der Waals surface area contributed by atoms with Crippen LogP contribution in [0.1, 0.15) is 56.4 Å². The van der Waals surface area contributed by atoms with Gasteiger partial charge < -0.3 is 18.9 Å². The van der Waals surface area contributed by atoms with Crippen LogP contribution in [0.15, 0.2) is 36.7 Å². The topological polar surface area (TPSA) is 67.2 Å². The number of aromatic nitrogens is 2. The van der Waals surface area contributed by atoms with Crippen molar-refractivity contribution in [1.29, 1.82) is 0 Å². The highest BCUT2D eigenvalue weighted by molar-refractivity contribution is 6.03. The molecule has 2 aromatic heterocycles. The summed E-state index contributed by atoms with van der Waals surface area (Å²) < 4.78 is 21.9. The van der Waals surface area contributed by atoms with Crippen LogP contribution in [0, 0.1) is 18.7 Å². The van der Waals surface area contributed by atoms with E-state index in [0.29, 0.717) is 24.2 Å². The van der Waals surface area contributed by atoms with Gasteiger partial charge in [-0.1, -0.05) is 6.07 Å².